The van der Waals surface area contributed by atoms with E-state index in [1.807, 2.05) is 39.8 Å². The van der Waals surface area contributed by atoms with E-state index in [4.69, 9.17) is 11.6 Å². The molecule has 1 heterocycles. The number of hydrogen-bond acceptors (Lipinski definition) is 6. The maximum Gasteiger partial charge on any atom is 0.240 e. The molecule has 4 N–H and O–H groups in total. The number of Topliss-reactive ketones (excluding diaryl/α,β-unsaturated/α-hetero) is 1. The van der Waals surface area contributed by atoms with Gasteiger partial charge in [-0.25, -0.2) is 0 Å². The minimum absolute atomic E-state index is 0.0105. The molecule has 1 aromatic rings. The molecule has 2 aliphatic rings. The van der Waals surface area contributed by atoms with E-state index in [1.165, 1.54) is 0 Å². The van der Waals surface area contributed by atoms with Gasteiger partial charge in [-0.1, -0.05) is 70.7 Å². The number of benzene rings is 1. The number of piperidine rings is 1. The normalized spacial score (nSPS) is 23.7. The summed E-state index contributed by atoms with van der Waals surface area (Å²) in [4.78, 5) is 28.5. The Morgan fingerprint density at radius 2 is 1.72 bits per heavy atom. The van der Waals surface area contributed by atoms with Crippen LogP contribution in [-0.4, -0.2) is 63.6 Å². The molecule has 1 saturated heterocycles. The van der Waals surface area contributed by atoms with E-state index in [2.05, 4.69) is 5.32 Å². The molecule has 4 atom stereocenters. The van der Waals surface area contributed by atoms with Gasteiger partial charge in [0.05, 0.1) is 18.5 Å². The van der Waals surface area contributed by atoms with E-state index in [0.717, 1.165) is 37.7 Å². The van der Waals surface area contributed by atoms with Gasteiger partial charge in [0.15, 0.2) is 12.1 Å². The van der Waals surface area contributed by atoms with Crippen LogP contribution in [0.1, 0.15) is 77.7 Å². The Balaban J connectivity index is 1.69. The Bertz CT molecular complexity index is 882. The third-order valence-corrected chi connectivity index (χ3v) is 8.25. The van der Waals surface area contributed by atoms with E-state index in [9.17, 15) is 24.9 Å². The summed E-state index contributed by atoms with van der Waals surface area (Å²) < 4.78 is 0. The van der Waals surface area contributed by atoms with Crippen molar-refractivity contribution in [2.45, 2.75) is 90.7 Å². The second-order valence-corrected chi connectivity index (χ2v) is 12.2. The van der Waals surface area contributed by atoms with Crippen molar-refractivity contribution in [3.05, 3.63) is 34.9 Å². The number of nitrogens with zero attached hydrogens (tertiary/aromatic N) is 1. The number of rotatable bonds is 9. The van der Waals surface area contributed by atoms with Gasteiger partial charge >= 0.3 is 0 Å². The van der Waals surface area contributed by atoms with Crippen LogP contribution in [0.25, 0.3) is 0 Å². The highest BCUT2D eigenvalue weighted by Crippen LogP contribution is 2.41. The highest BCUT2D eigenvalue weighted by Gasteiger charge is 2.45. The van der Waals surface area contributed by atoms with E-state index in [1.54, 1.807) is 17.0 Å². The Kier molecular flexibility index (Phi) is 9.97. The number of carbonyl (C=O) groups excluding carboxylic acids is 2. The number of hydrogen-bond donors (Lipinski definition) is 4. The largest absolute Gasteiger partial charge is 0.379 e. The number of carbonyl (C=O) groups is 2. The highest BCUT2D eigenvalue weighted by molar-refractivity contribution is 6.30. The summed E-state index contributed by atoms with van der Waals surface area (Å²) in [6, 6.07) is 6.61. The minimum atomic E-state index is -1.51. The zero-order valence-corrected chi connectivity index (χ0v) is 22.7. The first-order valence-corrected chi connectivity index (χ1v) is 13.7. The quantitative estimate of drug-likeness (QED) is 0.368. The Hall–Kier alpha value is -1.51. The zero-order valence-electron chi connectivity index (χ0n) is 22.0. The molecule has 1 aromatic carbocycles. The van der Waals surface area contributed by atoms with Crippen LogP contribution >= 0.6 is 11.6 Å². The SMILES string of the molecule is CC(C)[C@@H](NC(O)CC(C(O)O)C1CCCCC1)C(=O)N1CC(=O)C(c2ccc(Cl)cc2)C(C)(C)C1. The Morgan fingerprint density at radius 3 is 2.25 bits per heavy atom. The number of halogens is 1. The molecule has 0 spiro atoms. The monoisotopic (exact) mass is 522 g/mol. The van der Waals surface area contributed by atoms with E-state index >= 15 is 0 Å². The van der Waals surface area contributed by atoms with Gasteiger partial charge in [-0.3, -0.25) is 14.9 Å². The molecule has 36 heavy (non-hydrogen) atoms. The summed E-state index contributed by atoms with van der Waals surface area (Å²) >= 11 is 6.03. The summed E-state index contributed by atoms with van der Waals surface area (Å²) in [5.41, 5.74) is 0.415. The third-order valence-electron chi connectivity index (χ3n) is 8.00. The second kappa shape index (κ2) is 12.4. The van der Waals surface area contributed by atoms with Crippen LogP contribution in [0.15, 0.2) is 24.3 Å². The fraction of sp³-hybridized carbons (Fsp3) is 0.714. The summed E-state index contributed by atoms with van der Waals surface area (Å²) in [6.07, 6.45) is 2.68. The van der Waals surface area contributed by atoms with Gasteiger partial charge in [0.2, 0.25) is 5.91 Å². The first kappa shape index (κ1) is 29.1. The highest BCUT2D eigenvalue weighted by atomic mass is 35.5. The van der Waals surface area contributed by atoms with Gasteiger partial charge in [-0.15, -0.1) is 0 Å². The molecule has 1 aliphatic carbocycles. The molecule has 1 aliphatic heterocycles. The fourth-order valence-corrected chi connectivity index (χ4v) is 6.33. The van der Waals surface area contributed by atoms with Crippen LogP contribution in [0.3, 0.4) is 0 Å². The maximum absolute atomic E-state index is 13.6. The topological polar surface area (TPSA) is 110 Å². The Morgan fingerprint density at radius 1 is 1.11 bits per heavy atom. The molecule has 0 radical (unpaired) electrons. The van der Waals surface area contributed by atoms with Crippen molar-refractivity contribution in [3.8, 4) is 0 Å². The number of likely N-dealkylation sites (tertiary alicyclic amines) is 1. The lowest BCUT2D eigenvalue weighted by Crippen LogP contribution is -2.59. The molecule has 1 amide bonds. The van der Waals surface area contributed by atoms with Crippen molar-refractivity contribution in [1.29, 1.82) is 0 Å². The molecular weight excluding hydrogens is 480 g/mol. The number of ketones is 1. The number of nitrogens with one attached hydrogen (secondary N) is 1. The lowest BCUT2D eigenvalue weighted by Gasteiger charge is -2.45. The number of aliphatic hydroxyl groups is 3. The fourth-order valence-electron chi connectivity index (χ4n) is 6.20. The van der Waals surface area contributed by atoms with Gasteiger partial charge < -0.3 is 20.2 Å². The van der Waals surface area contributed by atoms with Crippen molar-refractivity contribution in [3.63, 3.8) is 0 Å². The lowest BCUT2D eigenvalue weighted by atomic mass is 9.69. The standard InChI is InChI=1S/C28H43ClN2O5/c1-17(2)25(30-23(33)14-21(27(35)36)18-8-6-5-7-9-18)26(34)31-15-22(32)24(28(3,4)16-31)19-10-12-20(29)13-11-19/h10-13,17-18,21,23-25,27,30,33,35-36H,5-9,14-16H2,1-4H3/t21?,23?,24?,25-/m1/s1. The summed E-state index contributed by atoms with van der Waals surface area (Å²) in [5.74, 6) is -1.02. The van der Waals surface area contributed by atoms with Gasteiger partial charge in [-0.2, -0.15) is 0 Å². The van der Waals surface area contributed by atoms with Crippen LogP contribution in [0.4, 0.5) is 0 Å². The molecular formula is C28H43ClN2O5. The van der Waals surface area contributed by atoms with Gasteiger partial charge in [0.1, 0.15) is 6.23 Å². The zero-order chi connectivity index (χ0) is 26.6. The molecule has 0 aromatic heterocycles. The molecule has 0 bridgehead atoms. The Labute approximate surface area is 220 Å². The summed E-state index contributed by atoms with van der Waals surface area (Å²) in [6.45, 7) is 8.20. The van der Waals surface area contributed by atoms with Crippen LogP contribution in [-0.2, 0) is 9.59 Å². The van der Waals surface area contributed by atoms with E-state index in [0.29, 0.717) is 11.6 Å². The van der Waals surface area contributed by atoms with Gasteiger partial charge in [0, 0.05) is 17.5 Å². The minimum Gasteiger partial charge on any atom is -0.379 e. The second-order valence-electron chi connectivity index (χ2n) is 11.7. The van der Waals surface area contributed by atoms with Crippen molar-refractivity contribution in [2.24, 2.45) is 23.2 Å². The predicted octanol–water partition coefficient (Wildman–Crippen LogP) is 3.69. The number of aliphatic hydroxyl groups excluding tert-OH is 2. The summed E-state index contributed by atoms with van der Waals surface area (Å²) in [5, 5.41) is 34.5. The molecule has 1 saturated carbocycles. The smallest absolute Gasteiger partial charge is 0.240 e. The van der Waals surface area contributed by atoms with Crippen LogP contribution in [0.2, 0.25) is 5.02 Å². The van der Waals surface area contributed by atoms with Gasteiger partial charge in [-0.05, 0) is 54.2 Å². The molecule has 3 rings (SSSR count). The van der Waals surface area contributed by atoms with Crippen molar-refractivity contribution in [2.75, 3.05) is 13.1 Å². The maximum atomic E-state index is 13.6. The van der Waals surface area contributed by atoms with E-state index < -0.39 is 29.9 Å². The lowest BCUT2D eigenvalue weighted by molar-refractivity contribution is -0.146. The first-order valence-electron chi connectivity index (χ1n) is 13.3. The third kappa shape index (κ3) is 7.07. The molecule has 202 valence electrons. The van der Waals surface area contributed by atoms with Gasteiger partial charge in [0.25, 0.3) is 0 Å². The van der Waals surface area contributed by atoms with Crippen LogP contribution < -0.4 is 5.32 Å². The number of amides is 1. The van der Waals surface area contributed by atoms with Crippen LogP contribution in [0.5, 0.6) is 0 Å². The molecule has 2 fully saturated rings. The molecule has 3 unspecified atom stereocenters. The van der Waals surface area contributed by atoms with Crippen molar-refractivity contribution < 1.29 is 24.9 Å². The summed E-state index contributed by atoms with van der Waals surface area (Å²) in [7, 11) is 0. The van der Waals surface area contributed by atoms with Crippen molar-refractivity contribution >= 4 is 23.3 Å². The van der Waals surface area contributed by atoms with Crippen molar-refractivity contribution in [1.82, 2.24) is 10.2 Å². The average molecular weight is 523 g/mol. The molecule has 8 heteroatoms. The van der Waals surface area contributed by atoms with Crippen LogP contribution in [0, 0.1) is 23.2 Å². The predicted molar refractivity (Wildman–Crippen MR) is 140 cm³/mol. The van der Waals surface area contributed by atoms with E-state index in [-0.39, 0.29) is 42.4 Å². The average Bonchev–Trinajstić information content (AvgIpc) is 2.81. The molecule has 7 nitrogen and oxygen atoms in total. The first-order chi connectivity index (χ1) is 16.9.